The molecule has 0 spiro atoms. The van der Waals surface area contributed by atoms with Crippen LogP contribution in [0.5, 0.6) is 0 Å². The summed E-state index contributed by atoms with van der Waals surface area (Å²) in [5.74, 6) is 0. The molecule has 112 valence electrons. The fourth-order valence-corrected chi connectivity index (χ4v) is 2.86. The number of hydrogen-bond acceptors (Lipinski definition) is 3. The maximum absolute atomic E-state index is 6.24. The van der Waals surface area contributed by atoms with Crippen LogP contribution in [-0.4, -0.2) is 47.2 Å². The quantitative estimate of drug-likeness (QED) is 0.942. The Bertz CT molecular complexity index is 602. The number of imidazole rings is 1. The van der Waals surface area contributed by atoms with E-state index in [0.717, 1.165) is 61.1 Å². The summed E-state index contributed by atoms with van der Waals surface area (Å²) in [5.41, 5.74) is 3.36. The van der Waals surface area contributed by atoms with E-state index in [1.807, 2.05) is 25.5 Å². The van der Waals surface area contributed by atoms with Gasteiger partial charge in [0, 0.05) is 49.9 Å². The minimum atomic E-state index is 0.808. The molecule has 0 amide bonds. The van der Waals surface area contributed by atoms with Gasteiger partial charge in [-0.15, -0.1) is 0 Å². The minimum absolute atomic E-state index is 0.808. The van der Waals surface area contributed by atoms with Crippen molar-refractivity contribution in [1.82, 2.24) is 19.8 Å². The van der Waals surface area contributed by atoms with Crippen molar-refractivity contribution in [3.63, 3.8) is 0 Å². The molecule has 4 nitrogen and oxygen atoms in total. The summed E-state index contributed by atoms with van der Waals surface area (Å²) in [6.45, 7) is 8.47. The largest absolute Gasteiger partial charge is 0.329 e. The highest BCUT2D eigenvalue weighted by molar-refractivity contribution is 6.31. The molecule has 0 aliphatic carbocycles. The molecule has 0 atom stereocenters. The number of aryl methyl sites for hydroxylation is 1. The standard InChI is InChI=1S/C16H21ClN4/c1-13-2-3-14(10-15(13)17)16-11-19-12-21(16)9-8-20-6-4-18-5-7-20/h2-3,10-12,18H,4-9H2,1H3. The molecule has 2 aromatic rings. The molecule has 1 N–H and O–H groups in total. The summed E-state index contributed by atoms with van der Waals surface area (Å²) in [5, 5.41) is 4.19. The fourth-order valence-electron chi connectivity index (χ4n) is 2.68. The SMILES string of the molecule is Cc1ccc(-c2cncn2CCN2CCNCC2)cc1Cl. The van der Waals surface area contributed by atoms with Gasteiger partial charge in [0.1, 0.15) is 0 Å². The van der Waals surface area contributed by atoms with Crippen LogP contribution in [0.25, 0.3) is 11.3 Å². The van der Waals surface area contributed by atoms with Gasteiger partial charge in [0.05, 0.1) is 18.2 Å². The lowest BCUT2D eigenvalue weighted by Gasteiger charge is -2.27. The van der Waals surface area contributed by atoms with E-state index >= 15 is 0 Å². The van der Waals surface area contributed by atoms with Crippen molar-refractivity contribution in [1.29, 1.82) is 0 Å². The summed E-state index contributed by atoms with van der Waals surface area (Å²) in [4.78, 5) is 6.79. The highest BCUT2D eigenvalue weighted by Gasteiger charge is 2.11. The van der Waals surface area contributed by atoms with E-state index in [4.69, 9.17) is 11.6 Å². The lowest BCUT2D eigenvalue weighted by molar-refractivity contribution is 0.233. The van der Waals surface area contributed by atoms with E-state index in [9.17, 15) is 0 Å². The Morgan fingerprint density at radius 1 is 1.24 bits per heavy atom. The van der Waals surface area contributed by atoms with Crippen LogP contribution in [0.4, 0.5) is 0 Å². The van der Waals surface area contributed by atoms with E-state index in [0.29, 0.717) is 0 Å². The third-order valence-electron chi connectivity index (χ3n) is 4.05. The van der Waals surface area contributed by atoms with E-state index in [1.54, 1.807) is 0 Å². The Kier molecular flexibility index (Phi) is 4.58. The van der Waals surface area contributed by atoms with Crippen LogP contribution < -0.4 is 5.32 Å². The van der Waals surface area contributed by atoms with Gasteiger partial charge >= 0.3 is 0 Å². The predicted molar refractivity (Wildman–Crippen MR) is 86.7 cm³/mol. The Morgan fingerprint density at radius 3 is 2.81 bits per heavy atom. The predicted octanol–water partition coefficient (Wildman–Crippen LogP) is 2.42. The van der Waals surface area contributed by atoms with Gasteiger partial charge < -0.3 is 9.88 Å². The molecule has 3 rings (SSSR count). The molecule has 5 heteroatoms. The number of halogens is 1. The van der Waals surface area contributed by atoms with E-state index < -0.39 is 0 Å². The summed E-state index contributed by atoms with van der Waals surface area (Å²) >= 11 is 6.24. The summed E-state index contributed by atoms with van der Waals surface area (Å²) in [7, 11) is 0. The summed E-state index contributed by atoms with van der Waals surface area (Å²) < 4.78 is 2.21. The molecule has 1 fully saturated rings. The Morgan fingerprint density at radius 2 is 2.05 bits per heavy atom. The molecule has 0 unspecified atom stereocenters. The number of nitrogens with zero attached hydrogens (tertiary/aromatic N) is 3. The molecule has 1 aliphatic rings. The minimum Gasteiger partial charge on any atom is -0.329 e. The molecule has 2 heterocycles. The molecular weight excluding hydrogens is 284 g/mol. The van der Waals surface area contributed by atoms with Gasteiger partial charge in [-0.25, -0.2) is 4.98 Å². The molecule has 1 aromatic heterocycles. The maximum Gasteiger partial charge on any atom is 0.0951 e. The molecule has 1 aromatic carbocycles. The van der Waals surface area contributed by atoms with Gasteiger partial charge in [0.25, 0.3) is 0 Å². The molecule has 1 saturated heterocycles. The first-order valence-electron chi connectivity index (χ1n) is 7.44. The smallest absolute Gasteiger partial charge is 0.0951 e. The Labute approximate surface area is 130 Å². The van der Waals surface area contributed by atoms with Crippen molar-refractivity contribution >= 4 is 11.6 Å². The third kappa shape index (κ3) is 3.46. The van der Waals surface area contributed by atoms with Crippen LogP contribution in [-0.2, 0) is 6.54 Å². The van der Waals surface area contributed by atoms with Crippen molar-refractivity contribution in [2.45, 2.75) is 13.5 Å². The number of benzene rings is 1. The number of aromatic nitrogens is 2. The van der Waals surface area contributed by atoms with Gasteiger partial charge in [-0.05, 0) is 18.6 Å². The van der Waals surface area contributed by atoms with Crippen LogP contribution in [0, 0.1) is 6.92 Å². The maximum atomic E-state index is 6.24. The van der Waals surface area contributed by atoms with Crippen molar-refractivity contribution in [2.75, 3.05) is 32.7 Å². The normalized spacial score (nSPS) is 16.3. The zero-order valence-corrected chi connectivity index (χ0v) is 13.1. The summed E-state index contributed by atoms with van der Waals surface area (Å²) in [6.07, 6.45) is 3.82. The number of piperazine rings is 1. The number of nitrogens with one attached hydrogen (secondary N) is 1. The monoisotopic (exact) mass is 304 g/mol. The molecule has 0 bridgehead atoms. The zero-order valence-electron chi connectivity index (χ0n) is 12.3. The lowest BCUT2D eigenvalue weighted by Crippen LogP contribution is -2.44. The molecule has 0 saturated carbocycles. The number of hydrogen-bond donors (Lipinski definition) is 1. The van der Waals surface area contributed by atoms with Crippen LogP contribution in [0.3, 0.4) is 0 Å². The van der Waals surface area contributed by atoms with E-state index in [2.05, 4.69) is 31.9 Å². The zero-order chi connectivity index (χ0) is 14.7. The molecular formula is C16H21ClN4. The van der Waals surface area contributed by atoms with E-state index in [-0.39, 0.29) is 0 Å². The molecule has 21 heavy (non-hydrogen) atoms. The van der Waals surface area contributed by atoms with Gasteiger partial charge in [0.2, 0.25) is 0 Å². The Hall–Kier alpha value is -1.36. The van der Waals surface area contributed by atoms with Crippen molar-refractivity contribution < 1.29 is 0 Å². The molecule has 0 radical (unpaired) electrons. The van der Waals surface area contributed by atoms with Crippen LogP contribution in [0.1, 0.15) is 5.56 Å². The summed E-state index contributed by atoms with van der Waals surface area (Å²) in [6, 6.07) is 6.19. The van der Waals surface area contributed by atoms with Gasteiger partial charge in [0.15, 0.2) is 0 Å². The van der Waals surface area contributed by atoms with Crippen LogP contribution in [0.15, 0.2) is 30.7 Å². The number of rotatable bonds is 4. The van der Waals surface area contributed by atoms with Crippen molar-refractivity contribution in [3.05, 3.63) is 41.3 Å². The van der Waals surface area contributed by atoms with Gasteiger partial charge in [-0.1, -0.05) is 23.7 Å². The first kappa shape index (κ1) is 14.6. The molecule has 1 aliphatic heterocycles. The lowest BCUT2D eigenvalue weighted by atomic mass is 10.1. The van der Waals surface area contributed by atoms with Crippen LogP contribution >= 0.6 is 11.6 Å². The highest BCUT2D eigenvalue weighted by atomic mass is 35.5. The van der Waals surface area contributed by atoms with E-state index in [1.165, 1.54) is 0 Å². The van der Waals surface area contributed by atoms with Crippen molar-refractivity contribution in [2.24, 2.45) is 0 Å². The topological polar surface area (TPSA) is 33.1 Å². The van der Waals surface area contributed by atoms with Gasteiger partial charge in [-0.2, -0.15) is 0 Å². The second kappa shape index (κ2) is 6.60. The van der Waals surface area contributed by atoms with Gasteiger partial charge in [-0.3, -0.25) is 4.90 Å². The first-order valence-corrected chi connectivity index (χ1v) is 7.81. The average molecular weight is 305 g/mol. The second-order valence-corrected chi connectivity index (χ2v) is 5.94. The average Bonchev–Trinajstić information content (AvgIpc) is 2.97. The fraction of sp³-hybridized carbons (Fsp3) is 0.438. The Balaban J connectivity index is 1.72. The first-order chi connectivity index (χ1) is 10.2. The highest BCUT2D eigenvalue weighted by Crippen LogP contribution is 2.25. The van der Waals surface area contributed by atoms with Crippen molar-refractivity contribution in [3.8, 4) is 11.3 Å². The second-order valence-electron chi connectivity index (χ2n) is 5.53. The third-order valence-corrected chi connectivity index (χ3v) is 4.45. The van der Waals surface area contributed by atoms with Crippen LogP contribution in [0.2, 0.25) is 5.02 Å².